The zero-order chi connectivity index (χ0) is 32.1. The molecule has 0 atom stereocenters. The van der Waals surface area contributed by atoms with Gasteiger partial charge >= 0.3 is 12.1 Å². The number of carboxylic acids is 1. The van der Waals surface area contributed by atoms with E-state index < -0.39 is 12.1 Å². The summed E-state index contributed by atoms with van der Waals surface area (Å²) in [5.41, 5.74) is 5.91. The summed E-state index contributed by atoms with van der Waals surface area (Å²) in [4.78, 5) is 28.5. The molecule has 6 heterocycles. The highest BCUT2D eigenvalue weighted by molar-refractivity contribution is 7.98. The molecule has 7 rings (SSSR count). The van der Waals surface area contributed by atoms with Gasteiger partial charge < -0.3 is 25.0 Å². The van der Waals surface area contributed by atoms with Crippen LogP contribution >= 0.6 is 11.8 Å². The van der Waals surface area contributed by atoms with Gasteiger partial charge in [0.25, 0.3) is 0 Å². The van der Waals surface area contributed by atoms with E-state index in [2.05, 4.69) is 57.6 Å². The van der Waals surface area contributed by atoms with Crippen LogP contribution in [0.3, 0.4) is 0 Å². The average molecular weight is 653 g/mol. The normalized spacial score (nSPS) is 15.5. The van der Waals surface area contributed by atoms with Crippen LogP contribution in [0, 0.1) is 0 Å². The van der Waals surface area contributed by atoms with E-state index in [1.807, 2.05) is 29.0 Å². The number of piperazine rings is 1. The first-order chi connectivity index (χ1) is 22.3. The summed E-state index contributed by atoms with van der Waals surface area (Å²) < 4.78 is 39.3. The van der Waals surface area contributed by atoms with E-state index in [9.17, 15) is 13.2 Å². The van der Waals surface area contributed by atoms with E-state index in [1.165, 1.54) is 0 Å². The van der Waals surface area contributed by atoms with E-state index in [-0.39, 0.29) is 0 Å². The van der Waals surface area contributed by atoms with Crippen LogP contribution < -0.4 is 15.1 Å². The molecule has 0 spiro atoms. The number of alkyl halides is 3. The molecule has 0 bridgehead atoms. The van der Waals surface area contributed by atoms with Crippen molar-refractivity contribution in [3.05, 3.63) is 72.7 Å². The number of ether oxygens (including phenoxy) is 1. The van der Waals surface area contributed by atoms with Crippen LogP contribution in [0.1, 0.15) is 5.69 Å². The van der Waals surface area contributed by atoms with Crippen molar-refractivity contribution in [1.29, 1.82) is 0 Å². The summed E-state index contributed by atoms with van der Waals surface area (Å²) in [6, 6.07) is 18.8. The molecule has 11 nitrogen and oxygen atoms in total. The number of anilines is 2. The molecule has 0 aliphatic carbocycles. The molecule has 0 unspecified atom stereocenters. The molecule has 2 aliphatic rings. The standard InChI is InChI=1S/C29H30N8OS.C2HF3O2/c1-2-4-23-21(3-1)6-8-27(33-23)39-20-24-28(22-5-7-26(31-19-22)36-13-11-30-12-14-36)37-29(34-24)25(9-10-32-37)35-15-17-38-18-16-35;3-2(4,5)1(6)7/h1-10,19,30H,11-18,20H2;(H,6,7). The molecule has 2 aliphatic heterocycles. The number of rotatable bonds is 6. The predicted molar refractivity (Wildman–Crippen MR) is 169 cm³/mol. The Morgan fingerprint density at radius 3 is 2.43 bits per heavy atom. The summed E-state index contributed by atoms with van der Waals surface area (Å²) in [6.07, 6.45) is -1.25. The van der Waals surface area contributed by atoms with Gasteiger partial charge in [-0.15, -0.1) is 0 Å². The van der Waals surface area contributed by atoms with Gasteiger partial charge in [-0.3, -0.25) is 0 Å². The van der Waals surface area contributed by atoms with Gasteiger partial charge in [0.15, 0.2) is 5.65 Å². The Morgan fingerprint density at radius 2 is 1.72 bits per heavy atom. The number of para-hydroxylation sites is 1. The van der Waals surface area contributed by atoms with Gasteiger partial charge in [-0.2, -0.15) is 18.3 Å². The number of aromatic nitrogens is 5. The monoisotopic (exact) mass is 652 g/mol. The first-order valence-electron chi connectivity index (χ1n) is 14.7. The van der Waals surface area contributed by atoms with Crippen molar-refractivity contribution < 1.29 is 27.8 Å². The molecule has 2 N–H and O–H groups in total. The van der Waals surface area contributed by atoms with Crippen molar-refractivity contribution in [3.8, 4) is 11.3 Å². The molecule has 240 valence electrons. The van der Waals surface area contributed by atoms with Crippen LogP contribution in [-0.2, 0) is 15.3 Å². The van der Waals surface area contributed by atoms with Crippen LogP contribution in [0.4, 0.5) is 24.7 Å². The highest BCUT2D eigenvalue weighted by Crippen LogP contribution is 2.33. The van der Waals surface area contributed by atoms with Crippen LogP contribution in [-0.4, -0.2) is 94.3 Å². The maximum absolute atomic E-state index is 10.6. The summed E-state index contributed by atoms with van der Waals surface area (Å²) >= 11 is 1.70. The Hall–Kier alpha value is -4.47. The number of imidazole rings is 1. The average Bonchev–Trinajstić information content (AvgIpc) is 3.46. The first-order valence-corrected chi connectivity index (χ1v) is 15.7. The minimum Gasteiger partial charge on any atom is -0.475 e. The Kier molecular flexibility index (Phi) is 9.51. The quantitative estimate of drug-likeness (QED) is 0.252. The maximum atomic E-state index is 10.6. The van der Waals surface area contributed by atoms with Gasteiger partial charge in [0, 0.05) is 62.2 Å². The van der Waals surface area contributed by atoms with Crippen LogP contribution in [0.2, 0.25) is 0 Å². The van der Waals surface area contributed by atoms with Gasteiger partial charge in [-0.05, 0) is 30.3 Å². The van der Waals surface area contributed by atoms with E-state index in [0.717, 1.165) is 103 Å². The van der Waals surface area contributed by atoms with E-state index in [4.69, 9.17) is 34.7 Å². The number of carboxylic acid groups (broad SMARTS) is 1. The van der Waals surface area contributed by atoms with E-state index >= 15 is 0 Å². The molecule has 0 amide bonds. The maximum Gasteiger partial charge on any atom is 0.490 e. The van der Waals surface area contributed by atoms with Crippen molar-refractivity contribution in [3.63, 3.8) is 0 Å². The number of benzene rings is 1. The minimum atomic E-state index is -5.08. The third-order valence-electron chi connectivity index (χ3n) is 7.56. The van der Waals surface area contributed by atoms with Crippen molar-refractivity contribution in [2.45, 2.75) is 17.0 Å². The fourth-order valence-electron chi connectivity index (χ4n) is 5.30. The van der Waals surface area contributed by atoms with Crippen LogP contribution in [0.15, 0.2) is 72.0 Å². The highest BCUT2D eigenvalue weighted by atomic mass is 32.2. The molecule has 2 fully saturated rings. The summed E-state index contributed by atoms with van der Waals surface area (Å²) in [5.74, 6) is -1.08. The number of halogens is 3. The van der Waals surface area contributed by atoms with Crippen molar-refractivity contribution in [1.82, 2.24) is 29.9 Å². The third kappa shape index (κ3) is 7.16. The van der Waals surface area contributed by atoms with Gasteiger partial charge in [-0.1, -0.05) is 36.0 Å². The van der Waals surface area contributed by atoms with Crippen LogP contribution in [0.5, 0.6) is 0 Å². The summed E-state index contributed by atoms with van der Waals surface area (Å²) in [6.45, 7) is 7.01. The fraction of sp³-hybridized carbons (Fsp3) is 0.323. The Balaban J connectivity index is 0.000000480. The molecule has 5 aromatic rings. The molecule has 46 heavy (non-hydrogen) atoms. The Labute approximate surface area is 266 Å². The molecule has 0 radical (unpaired) electrons. The fourth-order valence-corrected chi connectivity index (χ4v) is 6.11. The zero-order valence-corrected chi connectivity index (χ0v) is 25.5. The topological polar surface area (TPSA) is 121 Å². The van der Waals surface area contributed by atoms with Crippen molar-refractivity contribution in [2.75, 3.05) is 62.3 Å². The van der Waals surface area contributed by atoms with Crippen molar-refractivity contribution >= 4 is 45.8 Å². The predicted octanol–water partition coefficient (Wildman–Crippen LogP) is 4.51. The molecule has 1 aromatic carbocycles. The Morgan fingerprint density at radius 1 is 0.957 bits per heavy atom. The Bertz CT molecular complexity index is 1810. The van der Waals surface area contributed by atoms with Crippen molar-refractivity contribution in [2.24, 2.45) is 0 Å². The lowest BCUT2D eigenvalue weighted by atomic mass is 10.2. The number of fused-ring (bicyclic) bond motifs is 2. The molecule has 2 saturated heterocycles. The number of carbonyl (C=O) groups is 1. The molecule has 0 saturated carbocycles. The lowest BCUT2D eigenvalue weighted by Gasteiger charge is -2.28. The number of nitrogens with zero attached hydrogens (tertiary/aromatic N) is 7. The molecule has 4 aromatic heterocycles. The molecule has 15 heteroatoms. The number of aliphatic carboxylic acids is 1. The largest absolute Gasteiger partial charge is 0.490 e. The number of pyridine rings is 2. The van der Waals surface area contributed by atoms with E-state index in [0.29, 0.717) is 5.75 Å². The highest BCUT2D eigenvalue weighted by Gasteiger charge is 2.38. The molecular weight excluding hydrogens is 621 g/mol. The van der Waals surface area contributed by atoms with Gasteiger partial charge in [0.2, 0.25) is 0 Å². The lowest BCUT2D eigenvalue weighted by molar-refractivity contribution is -0.192. The van der Waals surface area contributed by atoms with Gasteiger partial charge in [0.05, 0.1) is 47.0 Å². The number of hydrogen-bond acceptors (Lipinski definition) is 10. The second kappa shape index (κ2) is 13.9. The second-order valence-electron chi connectivity index (χ2n) is 10.5. The lowest BCUT2D eigenvalue weighted by Crippen LogP contribution is -2.43. The van der Waals surface area contributed by atoms with Gasteiger partial charge in [-0.25, -0.2) is 24.3 Å². The number of thioether (sulfide) groups is 1. The minimum absolute atomic E-state index is 0.673. The van der Waals surface area contributed by atoms with Crippen LogP contribution in [0.25, 0.3) is 27.8 Å². The molecular formula is C31H31F3N8O3S. The van der Waals surface area contributed by atoms with E-state index in [1.54, 1.807) is 11.8 Å². The zero-order valence-electron chi connectivity index (χ0n) is 24.7. The first kappa shape index (κ1) is 31.5. The third-order valence-corrected chi connectivity index (χ3v) is 8.50. The SMILES string of the molecule is O=C(O)C(F)(F)F.c1ccc2nc(SCc3nc4c(N5CCOCC5)ccnn4c3-c3ccc(N4CCNCC4)nc3)ccc2c1. The van der Waals surface area contributed by atoms with Gasteiger partial charge in [0.1, 0.15) is 5.82 Å². The summed E-state index contributed by atoms with van der Waals surface area (Å²) in [7, 11) is 0. The second-order valence-corrected chi connectivity index (χ2v) is 11.5. The number of hydrogen-bond donors (Lipinski definition) is 2. The summed E-state index contributed by atoms with van der Waals surface area (Å²) in [5, 5.41) is 17.4. The smallest absolute Gasteiger partial charge is 0.475 e. The number of nitrogens with one attached hydrogen (secondary N) is 1. The number of morpholine rings is 1.